The van der Waals surface area contributed by atoms with Gasteiger partial charge in [-0.2, -0.15) is 0 Å². The number of β-amino-alcohol motifs (C(OH)–C–C–N with tert-alkyl or cyclic N) is 1. The summed E-state index contributed by atoms with van der Waals surface area (Å²) in [5, 5.41) is 23.7. The molecule has 0 aliphatic carbocycles. The van der Waals surface area contributed by atoms with Crippen molar-refractivity contribution in [3.05, 3.63) is 22.4 Å². The minimum Gasteiger partial charge on any atom is -0.396 e. The Hall–Kier alpha value is -0.950. The quantitative estimate of drug-likeness (QED) is 0.714. The summed E-state index contributed by atoms with van der Waals surface area (Å²) in [6, 6.07) is 3.95. The lowest BCUT2D eigenvalue weighted by molar-refractivity contribution is -0.123. The number of piperidine rings is 1. The summed E-state index contributed by atoms with van der Waals surface area (Å²) in [5.41, 5.74) is 0. The standard InChI is InChI=1S/C13H20N2O3S/c16-9-10-3-4-15(7-12(10)17)8-13(18)14-6-11-2-1-5-19-11/h1-2,5,10,12,16-17H,3-4,6-9H2,(H,14,18)/t10-,12-/m1/s1. The van der Waals surface area contributed by atoms with Crippen LogP contribution in [0.1, 0.15) is 11.3 Å². The van der Waals surface area contributed by atoms with Crippen LogP contribution < -0.4 is 5.32 Å². The molecule has 0 spiro atoms. The molecule has 0 radical (unpaired) electrons. The normalized spacial score (nSPS) is 24.3. The van der Waals surface area contributed by atoms with E-state index in [9.17, 15) is 9.90 Å². The number of carbonyl (C=O) groups excluding carboxylic acids is 1. The first-order valence-electron chi connectivity index (χ1n) is 6.49. The van der Waals surface area contributed by atoms with Gasteiger partial charge in [0, 0.05) is 23.9 Å². The molecule has 1 amide bonds. The smallest absolute Gasteiger partial charge is 0.234 e. The molecule has 1 saturated heterocycles. The van der Waals surface area contributed by atoms with Crippen LogP contribution in [-0.4, -0.2) is 53.4 Å². The molecule has 1 aromatic rings. The summed E-state index contributed by atoms with van der Waals surface area (Å²) >= 11 is 1.62. The van der Waals surface area contributed by atoms with E-state index in [0.717, 1.165) is 17.8 Å². The Morgan fingerprint density at radius 1 is 1.58 bits per heavy atom. The number of nitrogens with one attached hydrogen (secondary N) is 1. The zero-order chi connectivity index (χ0) is 13.7. The third-order valence-corrected chi connectivity index (χ3v) is 4.32. The van der Waals surface area contributed by atoms with E-state index in [1.165, 1.54) is 0 Å². The average molecular weight is 284 g/mol. The molecular weight excluding hydrogens is 264 g/mol. The molecule has 1 aliphatic heterocycles. The van der Waals surface area contributed by atoms with Crippen LogP contribution >= 0.6 is 11.3 Å². The second-order valence-corrected chi connectivity index (χ2v) is 5.92. The molecule has 1 fully saturated rings. The number of nitrogens with zero attached hydrogens (tertiary/aromatic N) is 1. The Morgan fingerprint density at radius 2 is 2.42 bits per heavy atom. The Bertz CT molecular complexity index is 397. The van der Waals surface area contributed by atoms with Crippen molar-refractivity contribution < 1.29 is 15.0 Å². The fourth-order valence-corrected chi connectivity index (χ4v) is 2.90. The monoisotopic (exact) mass is 284 g/mol. The summed E-state index contributed by atoms with van der Waals surface area (Å²) in [4.78, 5) is 14.8. The minimum absolute atomic E-state index is 0.0135. The number of aliphatic hydroxyl groups excluding tert-OH is 2. The highest BCUT2D eigenvalue weighted by molar-refractivity contribution is 7.09. The highest BCUT2D eigenvalue weighted by Crippen LogP contribution is 2.16. The first-order valence-corrected chi connectivity index (χ1v) is 7.37. The molecule has 19 heavy (non-hydrogen) atoms. The van der Waals surface area contributed by atoms with Crippen molar-refractivity contribution in [1.82, 2.24) is 10.2 Å². The number of thiophene rings is 1. The van der Waals surface area contributed by atoms with Crippen LogP contribution in [0.3, 0.4) is 0 Å². The van der Waals surface area contributed by atoms with Gasteiger partial charge in [0.1, 0.15) is 0 Å². The Morgan fingerprint density at radius 3 is 3.05 bits per heavy atom. The highest BCUT2D eigenvalue weighted by atomic mass is 32.1. The lowest BCUT2D eigenvalue weighted by Crippen LogP contribution is -2.48. The molecule has 3 N–H and O–H groups in total. The van der Waals surface area contributed by atoms with Gasteiger partial charge in [-0.15, -0.1) is 11.3 Å². The predicted molar refractivity (Wildman–Crippen MR) is 73.8 cm³/mol. The summed E-state index contributed by atoms with van der Waals surface area (Å²) < 4.78 is 0. The molecule has 0 bridgehead atoms. The van der Waals surface area contributed by atoms with E-state index < -0.39 is 6.10 Å². The van der Waals surface area contributed by atoms with Crippen molar-refractivity contribution in [3.63, 3.8) is 0 Å². The van der Waals surface area contributed by atoms with Gasteiger partial charge >= 0.3 is 0 Å². The molecule has 6 heteroatoms. The van der Waals surface area contributed by atoms with Crippen molar-refractivity contribution in [2.75, 3.05) is 26.2 Å². The number of amides is 1. The average Bonchev–Trinajstić information content (AvgIpc) is 2.90. The molecule has 0 unspecified atom stereocenters. The topological polar surface area (TPSA) is 72.8 Å². The third-order valence-electron chi connectivity index (χ3n) is 3.45. The molecular formula is C13H20N2O3S. The summed E-state index contributed by atoms with van der Waals surface area (Å²) in [5.74, 6) is -0.0755. The van der Waals surface area contributed by atoms with Crippen LogP contribution in [0, 0.1) is 5.92 Å². The maximum absolute atomic E-state index is 11.8. The van der Waals surface area contributed by atoms with Gasteiger partial charge in [0.15, 0.2) is 0 Å². The number of aliphatic hydroxyl groups is 2. The Kier molecular flexibility index (Phi) is 5.33. The highest BCUT2D eigenvalue weighted by Gasteiger charge is 2.27. The van der Waals surface area contributed by atoms with Crippen molar-refractivity contribution in [2.24, 2.45) is 5.92 Å². The summed E-state index contributed by atoms with van der Waals surface area (Å²) in [6.45, 7) is 2.08. The van der Waals surface area contributed by atoms with Gasteiger partial charge < -0.3 is 15.5 Å². The largest absolute Gasteiger partial charge is 0.396 e. The van der Waals surface area contributed by atoms with Crippen LogP contribution in [0.25, 0.3) is 0 Å². The number of hydrogen-bond donors (Lipinski definition) is 3. The Labute approximate surface area is 116 Å². The van der Waals surface area contributed by atoms with Crippen molar-refractivity contribution >= 4 is 17.2 Å². The van der Waals surface area contributed by atoms with Gasteiger partial charge in [-0.3, -0.25) is 9.69 Å². The molecule has 5 nitrogen and oxygen atoms in total. The van der Waals surface area contributed by atoms with Gasteiger partial charge in [0.2, 0.25) is 5.91 Å². The van der Waals surface area contributed by atoms with Gasteiger partial charge in [-0.1, -0.05) is 6.07 Å². The number of carbonyl (C=O) groups is 1. The van der Waals surface area contributed by atoms with Crippen molar-refractivity contribution in [2.45, 2.75) is 19.1 Å². The second-order valence-electron chi connectivity index (χ2n) is 4.89. The molecule has 2 heterocycles. The van der Waals surface area contributed by atoms with Crippen LogP contribution in [-0.2, 0) is 11.3 Å². The van der Waals surface area contributed by atoms with Crippen molar-refractivity contribution in [3.8, 4) is 0 Å². The van der Waals surface area contributed by atoms with E-state index >= 15 is 0 Å². The van der Waals surface area contributed by atoms with E-state index in [1.54, 1.807) is 11.3 Å². The third kappa shape index (κ3) is 4.28. The molecule has 1 aliphatic rings. The van der Waals surface area contributed by atoms with Crippen LogP contribution in [0.4, 0.5) is 0 Å². The number of likely N-dealkylation sites (tertiary alicyclic amines) is 1. The molecule has 2 atom stereocenters. The summed E-state index contributed by atoms with van der Waals surface area (Å²) in [7, 11) is 0. The Balaban J connectivity index is 1.71. The van der Waals surface area contributed by atoms with E-state index in [0.29, 0.717) is 19.6 Å². The first-order chi connectivity index (χ1) is 9.19. The summed E-state index contributed by atoms with van der Waals surface area (Å²) in [6.07, 6.45) is 0.194. The van der Waals surface area contributed by atoms with Crippen LogP contribution in [0.2, 0.25) is 0 Å². The molecule has 0 aromatic carbocycles. The molecule has 1 aromatic heterocycles. The van der Waals surface area contributed by atoms with Gasteiger partial charge in [0.05, 0.1) is 19.2 Å². The fourth-order valence-electron chi connectivity index (χ4n) is 2.26. The minimum atomic E-state index is -0.538. The first kappa shape index (κ1) is 14.5. The van der Waals surface area contributed by atoms with Crippen LogP contribution in [0.5, 0.6) is 0 Å². The van der Waals surface area contributed by atoms with Crippen LogP contribution in [0.15, 0.2) is 17.5 Å². The maximum Gasteiger partial charge on any atom is 0.234 e. The zero-order valence-corrected chi connectivity index (χ0v) is 11.6. The molecule has 0 saturated carbocycles. The van der Waals surface area contributed by atoms with Crippen molar-refractivity contribution in [1.29, 1.82) is 0 Å². The van der Waals surface area contributed by atoms with E-state index in [-0.39, 0.29) is 18.4 Å². The van der Waals surface area contributed by atoms with Gasteiger partial charge in [0.25, 0.3) is 0 Å². The van der Waals surface area contributed by atoms with E-state index in [2.05, 4.69) is 5.32 Å². The fraction of sp³-hybridized carbons (Fsp3) is 0.615. The van der Waals surface area contributed by atoms with E-state index in [4.69, 9.17) is 5.11 Å². The van der Waals surface area contributed by atoms with Gasteiger partial charge in [-0.05, 0) is 24.4 Å². The van der Waals surface area contributed by atoms with E-state index in [1.807, 2.05) is 22.4 Å². The second kappa shape index (κ2) is 7.00. The molecule has 106 valence electrons. The maximum atomic E-state index is 11.8. The number of hydrogen-bond acceptors (Lipinski definition) is 5. The SMILES string of the molecule is O=C(CN1CC[C@H](CO)[C@H](O)C1)NCc1cccs1. The number of rotatable bonds is 5. The molecule has 2 rings (SSSR count). The van der Waals surface area contributed by atoms with Gasteiger partial charge in [-0.25, -0.2) is 0 Å². The lowest BCUT2D eigenvalue weighted by Gasteiger charge is -2.34. The lowest BCUT2D eigenvalue weighted by atomic mass is 9.95. The predicted octanol–water partition coefficient (Wildman–Crippen LogP) is 0.0394. The zero-order valence-electron chi connectivity index (χ0n) is 10.8.